The van der Waals surface area contributed by atoms with Crippen LogP contribution in [0.1, 0.15) is 25.0 Å². The van der Waals surface area contributed by atoms with E-state index in [1.165, 1.54) is 43.8 Å². The van der Waals surface area contributed by atoms with E-state index in [0.29, 0.717) is 0 Å². The average Bonchev–Trinajstić information content (AvgIpc) is 3.52. The molecule has 3 aromatic heterocycles. The molecule has 198 valence electrons. The maximum Gasteiger partial charge on any atom is 0.0933 e. The number of hydrogen-bond acceptors (Lipinski definition) is 2. The van der Waals surface area contributed by atoms with Crippen molar-refractivity contribution in [2.45, 2.75) is 19.3 Å². The highest BCUT2D eigenvalue weighted by molar-refractivity contribution is 6.15. The molecule has 0 unspecified atom stereocenters. The summed E-state index contributed by atoms with van der Waals surface area (Å²) in [6.07, 6.45) is 2.13. The number of hydrogen-bond donors (Lipinski definition) is 0. The topological polar surface area (TPSA) is 30.2 Å². The maximum absolute atomic E-state index is 5.29. The van der Waals surface area contributed by atoms with E-state index in [4.69, 9.17) is 10.1 Å². The van der Waals surface area contributed by atoms with Gasteiger partial charge in [-0.3, -0.25) is 0 Å². The van der Waals surface area contributed by atoms with Crippen molar-refractivity contribution in [1.29, 1.82) is 0 Å². The summed E-state index contributed by atoms with van der Waals surface area (Å²) in [4.78, 5) is 5.29. The Kier molecular flexibility index (Phi) is 4.67. The molecule has 3 heterocycles. The Morgan fingerprint density at radius 2 is 1.33 bits per heavy atom. The third-order valence-corrected chi connectivity index (χ3v) is 9.18. The first kappa shape index (κ1) is 23.4. The summed E-state index contributed by atoms with van der Waals surface area (Å²) in [6.45, 7) is 4.73. The molecule has 0 N–H and O–H groups in total. The summed E-state index contributed by atoms with van der Waals surface area (Å²) >= 11 is 0. The summed E-state index contributed by atoms with van der Waals surface area (Å²) < 4.78 is 2.00. The quantitative estimate of drug-likeness (QED) is 0.205. The lowest BCUT2D eigenvalue weighted by Gasteiger charge is -2.24. The van der Waals surface area contributed by atoms with Crippen molar-refractivity contribution < 1.29 is 0 Å². The second kappa shape index (κ2) is 8.37. The number of aromatic nitrogens is 3. The van der Waals surface area contributed by atoms with Gasteiger partial charge >= 0.3 is 0 Å². The van der Waals surface area contributed by atoms with Gasteiger partial charge in [0.15, 0.2) is 0 Å². The van der Waals surface area contributed by atoms with Crippen LogP contribution >= 0.6 is 0 Å². The Morgan fingerprint density at radius 1 is 0.571 bits per heavy atom. The molecular formula is C39H27N3. The van der Waals surface area contributed by atoms with Gasteiger partial charge in [-0.25, -0.2) is 9.50 Å². The van der Waals surface area contributed by atoms with Crippen LogP contribution in [0.3, 0.4) is 0 Å². The highest BCUT2D eigenvalue weighted by atomic mass is 15.2. The lowest BCUT2D eigenvalue weighted by molar-refractivity contribution is 0.666. The zero-order chi connectivity index (χ0) is 28.0. The van der Waals surface area contributed by atoms with Crippen LogP contribution in [0.4, 0.5) is 0 Å². The maximum atomic E-state index is 5.29. The van der Waals surface area contributed by atoms with Crippen LogP contribution in [0.2, 0.25) is 0 Å². The second-order valence-corrected chi connectivity index (χ2v) is 11.9. The van der Waals surface area contributed by atoms with E-state index in [2.05, 4.69) is 135 Å². The highest BCUT2D eigenvalue weighted by Gasteiger charge is 2.37. The first-order valence-corrected chi connectivity index (χ1v) is 14.5. The van der Waals surface area contributed by atoms with Crippen molar-refractivity contribution in [1.82, 2.24) is 14.6 Å². The molecule has 42 heavy (non-hydrogen) atoms. The van der Waals surface area contributed by atoms with Crippen LogP contribution in [-0.2, 0) is 5.41 Å². The number of fused-ring (bicyclic) bond motifs is 10. The molecule has 3 heteroatoms. The van der Waals surface area contributed by atoms with Crippen LogP contribution in [-0.4, -0.2) is 14.6 Å². The van der Waals surface area contributed by atoms with Crippen LogP contribution in [0.5, 0.6) is 0 Å². The Balaban J connectivity index is 1.28. The van der Waals surface area contributed by atoms with Gasteiger partial charge < -0.3 is 0 Å². The van der Waals surface area contributed by atoms with Crippen LogP contribution in [0.15, 0.2) is 128 Å². The Labute approximate surface area is 243 Å². The van der Waals surface area contributed by atoms with Gasteiger partial charge in [-0.05, 0) is 57.5 Å². The molecule has 3 nitrogen and oxygen atoms in total. The first-order chi connectivity index (χ1) is 20.6. The zero-order valence-electron chi connectivity index (χ0n) is 23.5. The van der Waals surface area contributed by atoms with Gasteiger partial charge in [0.2, 0.25) is 0 Å². The molecule has 0 fully saturated rings. The van der Waals surface area contributed by atoms with Gasteiger partial charge in [-0.1, -0.05) is 111 Å². The minimum atomic E-state index is -0.114. The van der Waals surface area contributed by atoms with Crippen molar-refractivity contribution in [3.8, 4) is 33.5 Å². The predicted octanol–water partition coefficient (Wildman–Crippen LogP) is 9.83. The molecule has 0 atom stereocenters. The standard InChI is InChI=1S/C39H27N3/c1-39(2)32-15-6-3-12-27(32)28-19-20-31-36(37(28)39)30-14-5-7-16-33(30)40-38(31)25-11-9-10-24(22-25)26-18-21-35-29-13-4-8-17-34(29)41-42(35)23-26/h3-23H,1-2H3. The number of para-hydroxylation sites is 1. The average molecular weight is 538 g/mol. The smallest absolute Gasteiger partial charge is 0.0933 e. The summed E-state index contributed by atoms with van der Waals surface area (Å²) in [5, 5.41) is 9.71. The van der Waals surface area contributed by atoms with Crippen molar-refractivity contribution in [3.63, 3.8) is 0 Å². The normalized spacial score (nSPS) is 13.7. The lowest BCUT2D eigenvalue weighted by Crippen LogP contribution is -2.15. The van der Waals surface area contributed by atoms with Gasteiger partial charge in [0.05, 0.1) is 22.2 Å². The molecule has 1 aliphatic rings. The SMILES string of the molecule is CC1(C)c2ccccc2-c2ccc3c(-c4cccc(-c5ccc6c7ccccc7nn6c5)c4)nc4ccccc4c3c21. The van der Waals surface area contributed by atoms with Gasteiger partial charge in [0.1, 0.15) is 0 Å². The van der Waals surface area contributed by atoms with Crippen LogP contribution < -0.4 is 0 Å². The minimum absolute atomic E-state index is 0.114. The van der Waals surface area contributed by atoms with Gasteiger partial charge in [-0.2, -0.15) is 5.10 Å². The van der Waals surface area contributed by atoms with Crippen LogP contribution in [0.25, 0.3) is 71.6 Å². The molecule has 0 saturated heterocycles. The highest BCUT2D eigenvalue weighted by Crippen LogP contribution is 2.53. The third-order valence-electron chi connectivity index (χ3n) is 9.18. The van der Waals surface area contributed by atoms with Crippen molar-refractivity contribution in [3.05, 3.63) is 139 Å². The molecule has 0 spiro atoms. The minimum Gasteiger partial charge on any atom is -0.247 e. The summed E-state index contributed by atoms with van der Waals surface area (Å²) in [5.41, 5.74) is 12.9. The fraction of sp³-hybridized carbons (Fsp3) is 0.0769. The fourth-order valence-electron chi connectivity index (χ4n) is 7.23. The second-order valence-electron chi connectivity index (χ2n) is 11.9. The molecule has 5 aromatic carbocycles. The Bertz CT molecular complexity index is 2390. The zero-order valence-corrected chi connectivity index (χ0v) is 23.5. The van der Waals surface area contributed by atoms with E-state index in [9.17, 15) is 0 Å². The molecule has 9 rings (SSSR count). The summed E-state index contributed by atoms with van der Waals surface area (Å²) in [5.74, 6) is 0. The summed E-state index contributed by atoms with van der Waals surface area (Å²) in [7, 11) is 0. The molecule has 0 bridgehead atoms. The van der Waals surface area contributed by atoms with E-state index in [1.807, 2.05) is 10.6 Å². The van der Waals surface area contributed by atoms with Gasteiger partial charge in [-0.15, -0.1) is 0 Å². The molecule has 1 aliphatic carbocycles. The molecule has 0 aliphatic heterocycles. The largest absolute Gasteiger partial charge is 0.247 e. The lowest BCUT2D eigenvalue weighted by atomic mass is 9.79. The molecular weight excluding hydrogens is 510 g/mol. The number of nitrogens with zero attached hydrogens (tertiary/aromatic N) is 3. The Morgan fingerprint density at radius 3 is 2.24 bits per heavy atom. The van der Waals surface area contributed by atoms with E-state index < -0.39 is 0 Å². The van der Waals surface area contributed by atoms with Crippen LogP contribution in [0, 0.1) is 0 Å². The number of rotatable bonds is 2. The Hall–Kier alpha value is -5.28. The monoisotopic (exact) mass is 537 g/mol. The van der Waals surface area contributed by atoms with Crippen molar-refractivity contribution in [2.24, 2.45) is 0 Å². The van der Waals surface area contributed by atoms with Crippen molar-refractivity contribution in [2.75, 3.05) is 0 Å². The van der Waals surface area contributed by atoms with E-state index in [-0.39, 0.29) is 5.41 Å². The van der Waals surface area contributed by atoms with E-state index in [1.54, 1.807) is 0 Å². The van der Waals surface area contributed by atoms with Gasteiger partial charge in [0.25, 0.3) is 0 Å². The molecule has 0 saturated carbocycles. The predicted molar refractivity (Wildman–Crippen MR) is 174 cm³/mol. The molecule has 8 aromatic rings. The molecule has 0 radical (unpaired) electrons. The third kappa shape index (κ3) is 3.16. The number of benzene rings is 5. The van der Waals surface area contributed by atoms with Gasteiger partial charge in [0, 0.05) is 38.9 Å². The van der Waals surface area contributed by atoms with E-state index in [0.717, 1.165) is 38.9 Å². The fourth-order valence-corrected chi connectivity index (χ4v) is 7.23. The molecule has 0 amide bonds. The first-order valence-electron chi connectivity index (χ1n) is 14.5. The van der Waals surface area contributed by atoms with E-state index >= 15 is 0 Å². The summed E-state index contributed by atoms with van der Waals surface area (Å²) in [6, 6.07) is 43.5. The van der Waals surface area contributed by atoms with Crippen molar-refractivity contribution >= 4 is 38.1 Å². The number of pyridine rings is 2.